The van der Waals surface area contributed by atoms with Crippen molar-refractivity contribution in [2.24, 2.45) is 0 Å². The smallest absolute Gasteiger partial charge is 0.375 e. The molecule has 1 aromatic carbocycles. The van der Waals surface area contributed by atoms with Crippen LogP contribution in [-0.4, -0.2) is 29.2 Å². The number of furan rings is 1. The van der Waals surface area contributed by atoms with Crippen LogP contribution in [0.4, 0.5) is 0 Å². The Morgan fingerprint density at radius 1 is 1.21 bits per heavy atom. The first-order chi connectivity index (χ1) is 13.3. The summed E-state index contributed by atoms with van der Waals surface area (Å²) in [6.45, 7) is 5.11. The molecule has 0 aliphatic carbocycles. The predicted octanol–water partition coefficient (Wildman–Crippen LogP) is 3.75. The second-order valence-electron chi connectivity index (χ2n) is 6.33. The molecule has 8 heteroatoms. The van der Waals surface area contributed by atoms with Crippen molar-refractivity contribution in [1.82, 2.24) is 10.5 Å². The lowest BCUT2D eigenvalue weighted by Gasteiger charge is -2.14. The van der Waals surface area contributed by atoms with Crippen molar-refractivity contribution in [2.45, 2.75) is 26.8 Å². The second kappa shape index (κ2) is 7.59. The summed E-state index contributed by atoms with van der Waals surface area (Å²) in [5.41, 5.74) is 1.66. The molecule has 0 radical (unpaired) electrons. The molecule has 3 aromatic rings. The van der Waals surface area contributed by atoms with Crippen LogP contribution in [0, 0.1) is 13.8 Å². The highest BCUT2D eigenvalue weighted by molar-refractivity contribution is 5.96. The quantitative estimate of drug-likeness (QED) is 0.665. The van der Waals surface area contributed by atoms with Crippen molar-refractivity contribution in [3.05, 3.63) is 58.7 Å². The molecule has 0 bridgehead atoms. The van der Waals surface area contributed by atoms with Gasteiger partial charge in [-0.1, -0.05) is 5.16 Å². The van der Waals surface area contributed by atoms with Crippen molar-refractivity contribution >= 4 is 11.9 Å². The number of aromatic carboxylic acids is 1. The molecule has 1 amide bonds. The van der Waals surface area contributed by atoms with Crippen LogP contribution in [0.25, 0.3) is 11.3 Å². The Morgan fingerprint density at radius 2 is 1.89 bits per heavy atom. The van der Waals surface area contributed by atoms with E-state index in [2.05, 4.69) is 10.5 Å². The molecular weight excluding hydrogens is 364 g/mol. The second-order valence-corrected chi connectivity index (χ2v) is 6.33. The van der Waals surface area contributed by atoms with Crippen molar-refractivity contribution in [2.75, 3.05) is 7.11 Å². The lowest BCUT2D eigenvalue weighted by Crippen LogP contribution is -2.28. The zero-order valence-electron chi connectivity index (χ0n) is 15.9. The number of benzene rings is 1. The van der Waals surface area contributed by atoms with E-state index >= 15 is 0 Å². The molecule has 146 valence electrons. The third-order valence-corrected chi connectivity index (χ3v) is 4.35. The Bertz CT molecular complexity index is 1020. The molecule has 1 atom stereocenters. The van der Waals surface area contributed by atoms with Crippen molar-refractivity contribution in [1.29, 1.82) is 0 Å². The van der Waals surface area contributed by atoms with Crippen LogP contribution in [0.5, 0.6) is 5.75 Å². The monoisotopic (exact) mass is 384 g/mol. The van der Waals surface area contributed by atoms with Gasteiger partial charge in [-0.2, -0.15) is 0 Å². The van der Waals surface area contributed by atoms with Crippen LogP contribution in [0.2, 0.25) is 0 Å². The third-order valence-electron chi connectivity index (χ3n) is 4.35. The van der Waals surface area contributed by atoms with E-state index < -0.39 is 12.0 Å². The molecule has 3 rings (SSSR count). The van der Waals surface area contributed by atoms with Gasteiger partial charge in [-0.15, -0.1) is 0 Å². The average Bonchev–Trinajstić information content (AvgIpc) is 3.25. The van der Waals surface area contributed by atoms with E-state index in [-0.39, 0.29) is 17.2 Å². The maximum Gasteiger partial charge on any atom is 0.375 e. The van der Waals surface area contributed by atoms with E-state index in [0.29, 0.717) is 34.1 Å². The average molecular weight is 384 g/mol. The number of carboxylic acid groups (broad SMARTS) is 1. The Kier molecular flexibility index (Phi) is 5.21. The summed E-state index contributed by atoms with van der Waals surface area (Å²) < 4.78 is 15.6. The van der Waals surface area contributed by atoms with E-state index in [0.717, 1.165) is 0 Å². The van der Waals surface area contributed by atoms with Crippen LogP contribution in [0.1, 0.15) is 51.0 Å². The van der Waals surface area contributed by atoms with E-state index in [9.17, 15) is 14.7 Å². The van der Waals surface area contributed by atoms with Gasteiger partial charge in [0.25, 0.3) is 5.91 Å². The highest BCUT2D eigenvalue weighted by atomic mass is 16.5. The summed E-state index contributed by atoms with van der Waals surface area (Å²) >= 11 is 0. The fraction of sp³-hybridized carbons (Fsp3) is 0.250. The molecule has 0 unspecified atom stereocenters. The number of hydrogen-bond donors (Lipinski definition) is 2. The summed E-state index contributed by atoms with van der Waals surface area (Å²) in [5, 5.41) is 16.2. The third kappa shape index (κ3) is 3.62. The minimum atomic E-state index is -1.27. The number of nitrogens with zero attached hydrogens (tertiary/aromatic N) is 1. The summed E-state index contributed by atoms with van der Waals surface area (Å²) in [6.07, 6.45) is 0. The molecule has 0 aliphatic heterocycles. The number of methoxy groups -OCH3 is 1. The van der Waals surface area contributed by atoms with E-state index in [1.165, 1.54) is 0 Å². The van der Waals surface area contributed by atoms with Crippen molar-refractivity contribution in [3.8, 4) is 17.0 Å². The lowest BCUT2D eigenvalue weighted by atomic mass is 10.00. The number of hydrogen-bond acceptors (Lipinski definition) is 6. The van der Waals surface area contributed by atoms with Crippen LogP contribution in [0.15, 0.2) is 39.3 Å². The first kappa shape index (κ1) is 19.2. The number of carboxylic acids is 1. The zero-order chi connectivity index (χ0) is 20.4. The van der Waals surface area contributed by atoms with Crippen molar-refractivity contribution < 1.29 is 28.4 Å². The normalized spacial score (nSPS) is 11.9. The molecule has 2 heterocycles. The lowest BCUT2D eigenvalue weighted by molar-refractivity contribution is 0.0648. The number of carbonyl (C=O) groups excluding carboxylic acids is 1. The number of nitrogens with one attached hydrogen (secondary N) is 1. The molecule has 0 fully saturated rings. The van der Waals surface area contributed by atoms with Gasteiger partial charge in [-0.25, -0.2) is 4.79 Å². The van der Waals surface area contributed by atoms with Crippen LogP contribution in [0.3, 0.4) is 0 Å². The largest absolute Gasteiger partial charge is 0.497 e. The van der Waals surface area contributed by atoms with Crippen molar-refractivity contribution in [3.63, 3.8) is 0 Å². The Hall–Kier alpha value is -3.55. The van der Waals surface area contributed by atoms with Crippen LogP contribution in [-0.2, 0) is 0 Å². The van der Waals surface area contributed by atoms with Gasteiger partial charge in [0.05, 0.1) is 24.3 Å². The number of ether oxygens (including phenoxy) is 1. The van der Waals surface area contributed by atoms with Gasteiger partial charge < -0.3 is 24.1 Å². The van der Waals surface area contributed by atoms with Crippen LogP contribution < -0.4 is 10.1 Å². The molecule has 0 saturated heterocycles. The first-order valence-electron chi connectivity index (χ1n) is 8.57. The van der Waals surface area contributed by atoms with Crippen LogP contribution >= 0.6 is 0 Å². The molecule has 0 saturated carbocycles. The minimum Gasteiger partial charge on any atom is -0.497 e. The number of rotatable bonds is 6. The molecule has 2 aromatic heterocycles. The van der Waals surface area contributed by atoms with Gasteiger partial charge in [0, 0.05) is 5.56 Å². The fourth-order valence-corrected chi connectivity index (χ4v) is 3.01. The summed E-state index contributed by atoms with van der Waals surface area (Å²) in [7, 11) is 1.55. The summed E-state index contributed by atoms with van der Waals surface area (Å²) in [5.74, 6) is -0.205. The fourth-order valence-electron chi connectivity index (χ4n) is 3.01. The number of amides is 1. The van der Waals surface area contributed by atoms with Gasteiger partial charge in [0.15, 0.2) is 0 Å². The van der Waals surface area contributed by atoms with Gasteiger partial charge in [-0.05, 0) is 51.1 Å². The predicted molar refractivity (Wildman–Crippen MR) is 99.5 cm³/mol. The SMILES string of the molecule is COc1ccc(-c2noc(C(=O)O)c2[C@@H](C)NC(=O)c2cc(C)oc2C)cc1. The number of carbonyl (C=O) groups is 2. The summed E-state index contributed by atoms with van der Waals surface area (Å²) in [4.78, 5) is 24.2. The highest BCUT2D eigenvalue weighted by Crippen LogP contribution is 2.32. The van der Waals surface area contributed by atoms with Gasteiger partial charge >= 0.3 is 5.97 Å². The van der Waals surface area contributed by atoms with Gasteiger partial charge in [0.1, 0.15) is 23.0 Å². The van der Waals surface area contributed by atoms with Gasteiger partial charge in [-0.3, -0.25) is 4.79 Å². The topological polar surface area (TPSA) is 115 Å². The maximum absolute atomic E-state index is 12.6. The minimum absolute atomic E-state index is 0.281. The molecule has 2 N–H and O–H groups in total. The van der Waals surface area contributed by atoms with Gasteiger partial charge in [0.2, 0.25) is 5.76 Å². The number of aromatic nitrogens is 1. The number of aryl methyl sites for hydroxylation is 2. The molecule has 8 nitrogen and oxygen atoms in total. The standard InChI is InChI=1S/C20H20N2O6/c1-10-9-15(12(3)27-10)19(23)21-11(2)16-17(22-28-18(16)20(24)25)13-5-7-14(26-4)8-6-13/h5-9,11H,1-4H3,(H,21,23)(H,24,25)/t11-/m1/s1. The van der Waals surface area contributed by atoms with E-state index in [1.807, 2.05) is 0 Å². The maximum atomic E-state index is 12.6. The molecule has 0 aliphatic rings. The summed E-state index contributed by atoms with van der Waals surface area (Å²) in [6, 6.07) is 7.91. The Balaban J connectivity index is 1.96. The Morgan fingerprint density at radius 3 is 2.43 bits per heavy atom. The molecule has 28 heavy (non-hydrogen) atoms. The molecular formula is C20H20N2O6. The molecule has 0 spiro atoms. The van der Waals surface area contributed by atoms with E-state index in [1.54, 1.807) is 58.2 Å². The van der Waals surface area contributed by atoms with E-state index in [4.69, 9.17) is 13.7 Å². The highest BCUT2D eigenvalue weighted by Gasteiger charge is 2.28. The Labute approximate surface area is 161 Å². The first-order valence-corrected chi connectivity index (χ1v) is 8.57. The zero-order valence-corrected chi connectivity index (χ0v) is 15.9.